The van der Waals surface area contributed by atoms with Gasteiger partial charge in [-0.05, 0) is 49.2 Å². The first-order chi connectivity index (χ1) is 20.6. The molecule has 1 N–H and O–H groups in total. The molecule has 4 aromatic rings. The molecule has 224 valence electrons. The molecule has 0 spiro atoms. The van der Waals surface area contributed by atoms with Crippen LogP contribution in [0.1, 0.15) is 23.6 Å². The maximum Gasteiger partial charge on any atom is 0.264 e. The van der Waals surface area contributed by atoms with E-state index in [1.165, 1.54) is 23.1 Å². The lowest BCUT2D eigenvalue weighted by molar-refractivity contribution is -0.140. The van der Waals surface area contributed by atoms with Crippen LogP contribution < -0.4 is 9.62 Å². The van der Waals surface area contributed by atoms with Crippen LogP contribution in [0, 0.1) is 6.92 Å². The third-order valence-corrected chi connectivity index (χ3v) is 9.49. The first-order valence-electron chi connectivity index (χ1n) is 13.8. The second kappa shape index (κ2) is 14.6. The van der Waals surface area contributed by atoms with Crippen molar-refractivity contribution in [1.29, 1.82) is 0 Å². The number of nitrogens with zero attached hydrogens (tertiary/aromatic N) is 2. The summed E-state index contributed by atoms with van der Waals surface area (Å²) in [6.07, 6.45) is 0.230. The van der Waals surface area contributed by atoms with Gasteiger partial charge in [0.25, 0.3) is 10.0 Å². The van der Waals surface area contributed by atoms with E-state index in [2.05, 4.69) is 5.32 Å². The largest absolute Gasteiger partial charge is 0.355 e. The summed E-state index contributed by atoms with van der Waals surface area (Å²) >= 11 is 12.8. The normalized spacial score (nSPS) is 11.9. The van der Waals surface area contributed by atoms with E-state index in [0.29, 0.717) is 6.54 Å². The van der Waals surface area contributed by atoms with Crippen molar-refractivity contribution < 1.29 is 18.0 Å². The number of aryl methyl sites for hydroxylation is 1. The van der Waals surface area contributed by atoms with Gasteiger partial charge in [-0.15, -0.1) is 0 Å². The Morgan fingerprint density at radius 1 is 0.814 bits per heavy atom. The number of hydrogen-bond acceptors (Lipinski definition) is 4. The van der Waals surface area contributed by atoms with E-state index in [4.69, 9.17) is 23.2 Å². The lowest BCUT2D eigenvalue weighted by atomic mass is 10.0. The Morgan fingerprint density at radius 2 is 1.42 bits per heavy atom. The van der Waals surface area contributed by atoms with Crippen LogP contribution in [-0.2, 0) is 32.6 Å². The van der Waals surface area contributed by atoms with Gasteiger partial charge < -0.3 is 10.2 Å². The topological polar surface area (TPSA) is 86.8 Å². The van der Waals surface area contributed by atoms with Gasteiger partial charge in [-0.25, -0.2) is 8.42 Å². The second-order valence-electron chi connectivity index (χ2n) is 10.0. The third kappa shape index (κ3) is 7.96. The number of nitrogens with one attached hydrogen (secondary N) is 1. The summed E-state index contributed by atoms with van der Waals surface area (Å²) in [5, 5.41) is 2.98. The molecule has 0 aromatic heterocycles. The molecule has 10 heteroatoms. The van der Waals surface area contributed by atoms with E-state index in [9.17, 15) is 18.0 Å². The molecule has 2 amide bonds. The number of anilines is 1. The number of likely N-dealkylation sites (N-methyl/N-ethyl adjacent to an activating group) is 1. The van der Waals surface area contributed by atoms with Crippen molar-refractivity contribution >= 4 is 50.7 Å². The summed E-state index contributed by atoms with van der Waals surface area (Å²) in [6.45, 7) is 3.48. The fraction of sp³-hybridized carbons (Fsp3) is 0.212. The zero-order valence-electron chi connectivity index (χ0n) is 23.9. The lowest BCUT2D eigenvalue weighted by Crippen LogP contribution is -2.53. The maximum atomic E-state index is 14.4. The Morgan fingerprint density at radius 3 is 2.02 bits per heavy atom. The van der Waals surface area contributed by atoms with Crippen LogP contribution in [0.5, 0.6) is 0 Å². The van der Waals surface area contributed by atoms with E-state index in [0.717, 1.165) is 21.0 Å². The van der Waals surface area contributed by atoms with E-state index >= 15 is 0 Å². The summed E-state index contributed by atoms with van der Waals surface area (Å²) in [5.74, 6) is -0.924. The highest BCUT2D eigenvalue weighted by atomic mass is 35.5. The van der Waals surface area contributed by atoms with Gasteiger partial charge >= 0.3 is 0 Å². The molecule has 0 unspecified atom stereocenters. The molecule has 4 rings (SSSR count). The van der Waals surface area contributed by atoms with Crippen LogP contribution >= 0.6 is 23.2 Å². The van der Waals surface area contributed by atoms with Gasteiger partial charge in [0, 0.05) is 19.5 Å². The zero-order chi connectivity index (χ0) is 31.0. The first kappa shape index (κ1) is 32.1. The Hall–Kier alpha value is -3.85. The molecule has 7 nitrogen and oxygen atoms in total. The van der Waals surface area contributed by atoms with Gasteiger partial charge in [-0.1, -0.05) is 108 Å². The highest BCUT2D eigenvalue weighted by molar-refractivity contribution is 7.92. The summed E-state index contributed by atoms with van der Waals surface area (Å²) in [4.78, 5) is 29.3. The minimum Gasteiger partial charge on any atom is -0.355 e. The number of carbonyl (C=O) groups is 2. The van der Waals surface area contributed by atoms with E-state index in [1.807, 2.05) is 67.6 Å². The smallest absolute Gasteiger partial charge is 0.264 e. The summed E-state index contributed by atoms with van der Waals surface area (Å²) in [7, 11) is -4.28. The number of amides is 2. The summed E-state index contributed by atoms with van der Waals surface area (Å²) in [6, 6.07) is 28.6. The van der Waals surface area contributed by atoms with Crippen molar-refractivity contribution in [3.63, 3.8) is 0 Å². The minimum absolute atomic E-state index is 0.00757. The number of carbonyl (C=O) groups excluding carboxylic acids is 2. The first-order valence-corrected chi connectivity index (χ1v) is 16.0. The zero-order valence-corrected chi connectivity index (χ0v) is 26.2. The average Bonchev–Trinajstić information content (AvgIpc) is 3.00. The molecule has 0 aliphatic heterocycles. The van der Waals surface area contributed by atoms with Gasteiger partial charge in [0.05, 0.1) is 20.6 Å². The SMILES string of the molecule is CCNC(=O)[C@H](Cc1ccccc1)N(Cc1ccccc1)C(=O)CN(c1cccc(Cl)c1Cl)S(=O)(=O)c1ccc(C)cc1. The van der Waals surface area contributed by atoms with E-state index in [1.54, 1.807) is 31.2 Å². The van der Waals surface area contributed by atoms with E-state index in [-0.39, 0.29) is 39.5 Å². The van der Waals surface area contributed by atoms with Gasteiger partial charge in [-0.3, -0.25) is 13.9 Å². The van der Waals surface area contributed by atoms with Gasteiger partial charge in [0.2, 0.25) is 11.8 Å². The highest BCUT2D eigenvalue weighted by Crippen LogP contribution is 2.35. The summed E-state index contributed by atoms with van der Waals surface area (Å²) in [5.41, 5.74) is 2.57. The summed E-state index contributed by atoms with van der Waals surface area (Å²) < 4.78 is 29.2. The van der Waals surface area contributed by atoms with E-state index < -0.39 is 28.5 Å². The Bertz CT molecular complexity index is 1650. The fourth-order valence-electron chi connectivity index (χ4n) is 4.66. The second-order valence-corrected chi connectivity index (χ2v) is 12.7. The van der Waals surface area contributed by atoms with Crippen molar-refractivity contribution in [3.05, 3.63) is 130 Å². The molecule has 0 saturated heterocycles. The van der Waals surface area contributed by atoms with Crippen molar-refractivity contribution in [2.75, 3.05) is 17.4 Å². The van der Waals surface area contributed by atoms with Gasteiger partial charge in [0.1, 0.15) is 12.6 Å². The Balaban J connectivity index is 1.81. The molecule has 0 radical (unpaired) electrons. The number of rotatable bonds is 12. The fourth-order valence-corrected chi connectivity index (χ4v) is 6.54. The molecular weight excluding hydrogens is 605 g/mol. The molecule has 43 heavy (non-hydrogen) atoms. The van der Waals surface area contributed by atoms with Crippen LogP contribution in [0.4, 0.5) is 5.69 Å². The molecule has 0 fully saturated rings. The van der Waals surface area contributed by atoms with Crippen LogP contribution in [-0.4, -0.2) is 44.3 Å². The monoisotopic (exact) mass is 637 g/mol. The average molecular weight is 639 g/mol. The van der Waals surface area contributed by atoms with Crippen LogP contribution in [0.15, 0.2) is 108 Å². The van der Waals surface area contributed by atoms with Crippen molar-refractivity contribution in [2.45, 2.75) is 37.8 Å². The molecule has 4 aromatic carbocycles. The molecule has 0 bridgehead atoms. The predicted molar refractivity (Wildman–Crippen MR) is 172 cm³/mol. The third-order valence-electron chi connectivity index (χ3n) is 6.91. The lowest BCUT2D eigenvalue weighted by Gasteiger charge is -2.34. The van der Waals surface area contributed by atoms with Crippen LogP contribution in [0.2, 0.25) is 10.0 Å². The number of sulfonamides is 1. The maximum absolute atomic E-state index is 14.4. The molecular formula is C33H33Cl2N3O4S. The van der Waals surface area contributed by atoms with Crippen molar-refractivity contribution in [2.24, 2.45) is 0 Å². The van der Waals surface area contributed by atoms with Gasteiger partial charge in [-0.2, -0.15) is 0 Å². The minimum atomic E-state index is -4.28. The van der Waals surface area contributed by atoms with Crippen molar-refractivity contribution in [3.8, 4) is 0 Å². The molecule has 0 heterocycles. The highest BCUT2D eigenvalue weighted by Gasteiger charge is 2.35. The van der Waals surface area contributed by atoms with Crippen LogP contribution in [0.3, 0.4) is 0 Å². The number of halogens is 2. The quantitative estimate of drug-likeness (QED) is 0.198. The Kier molecular flexibility index (Phi) is 10.9. The number of benzene rings is 4. The standard InChI is InChI=1S/C33H33Cl2N3O4S/c1-3-36-33(40)30(21-25-11-6-4-7-12-25)37(22-26-13-8-5-9-14-26)31(39)23-38(29-16-10-15-28(34)32(29)35)43(41,42)27-19-17-24(2)18-20-27/h4-20,30H,3,21-23H2,1-2H3,(H,36,40)/t30-/m0/s1. The predicted octanol–water partition coefficient (Wildman–Crippen LogP) is 6.27. The van der Waals surface area contributed by atoms with Crippen molar-refractivity contribution in [1.82, 2.24) is 10.2 Å². The number of hydrogen-bond donors (Lipinski definition) is 1. The molecule has 0 aliphatic carbocycles. The van der Waals surface area contributed by atoms with Crippen LogP contribution in [0.25, 0.3) is 0 Å². The molecule has 1 atom stereocenters. The molecule has 0 saturated carbocycles. The Labute approximate surface area is 263 Å². The van der Waals surface area contributed by atoms with Gasteiger partial charge in [0.15, 0.2) is 0 Å². The molecule has 0 aliphatic rings.